The Morgan fingerprint density at radius 1 is 1.00 bits per heavy atom. The normalized spacial score (nSPS) is 12.4. The molecule has 0 aromatic heterocycles. The molecule has 0 aliphatic rings. The van der Waals surface area contributed by atoms with Crippen LogP contribution in [0.25, 0.3) is 0 Å². The Balaban J connectivity index is 2.59. The molecule has 2 aromatic carbocycles. The molecule has 1 N–H and O–H groups in total. The second kappa shape index (κ2) is 6.76. The first-order valence-electron chi connectivity index (χ1n) is 7.04. The quantitative estimate of drug-likeness (QED) is 0.863. The maximum atomic E-state index is 14.1. The summed E-state index contributed by atoms with van der Waals surface area (Å²) in [6.45, 7) is 4.39. The fraction of sp³-hybridized carbons (Fsp3) is 0.294. The minimum atomic E-state index is -0.909. The molecular weight excluding hydrogens is 275 g/mol. The standard InChI is InChI=1S/C17H18F3N/c1-3-11-7-5-6-8-13(11)17(21-4-2)16-14(19)9-12(18)10-15(16)20/h5-10,17,21H,3-4H2,1-2H3. The van der Waals surface area contributed by atoms with Gasteiger partial charge in [-0.15, -0.1) is 0 Å². The molecule has 0 saturated heterocycles. The van der Waals surface area contributed by atoms with Gasteiger partial charge in [-0.25, -0.2) is 13.2 Å². The van der Waals surface area contributed by atoms with Crippen LogP contribution in [0.3, 0.4) is 0 Å². The van der Waals surface area contributed by atoms with Crippen LogP contribution in [0.2, 0.25) is 0 Å². The van der Waals surface area contributed by atoms with Crippen molar-refractivity contribution in [2.75, 3.05) is 6.54 Å². The van der Waals surface area contributed by atoms with Gasteiger partial charge in [0.05, 0.1) is 6.04 Å². The van der Waals surface area contributed by atoms with Gasteiger partial charge >= 0.3 is 0 Å². The van der Waals surface area contributed by atoms with Crippen molar-refractivity contribution < 1.29 is 13.2 Å². The summed E-state index contributed by atoms with van der Waals surface area (Å²) in [4.78, 5) is 0. The summed E-state index contributed by atoms with van der Waals surface area (Å²) in [5.74, 6) is -2.65. The maximum absolute atomic E-state index is 14.1. The van der Waals surface area contributed by atoms with E-state index in [1.165, 1.54) is 0 Å². The molecule has 1 nitrogen and oxygen atoms in total. The summed E-state index contributed by atoms with van der Waals surface area (Å²) >= 11 is 0. The van der Waals surface area contributed by atoms with E-state index in [9.17, 15) is 13.2 Å². The minimum absolute atomic E-state index is 0.140. The van der Waals surface area contributed by atoms with Crippen LogP contribution < -0.4 is 5.32 Å². The van der Waals surface area contributed by atoms with Crippen LogP contribution in [0.4, 0.5) is 13.2 Å². The van der Waals surface area contributed by atoms with Crippen LogP contribution in [0.15, 0.2) is 36.4 Å². The molecule has 0 spiro atoms. The molecule has 2 aromatic rings. The molecule has 0 bridgehead atoms. The summed E-state index contributed by atoms with van der Waals surface area (Å²) in [7, 11) is 0. The molecule has 21 heavy (non-hydrogen) atoms. The summed E-state index contributed by atoms with van der Waals surface area (Å²) in [5, 5.41) is 3.09. The molecule has 0 heterocycles. The van der Waals surface area contributed by atoms with Crippen LogP contribution in [0, 0.1) is 17.5 Å². The lowest BCUT2D eigenvalue weighted by Gasteiger charge is -2.22. The smallest absolute Gasteiger partial charge is 0.134 e. The Morgan fingerprint density at radius 3 is 2.19 bits per heavy atom. The second-order valence-corrected chi connectivity index (χ2v) is 4.83. The van der Waals surface area contributed by atoms with Crippen molar-refractivity contribution in [2.45, 2.75) is 26.3 Å². The Hall–Kier alpha value is -1.81. The zero-order valence-corrected chi connectivity index (χ0v) is 12.1. The minimum Gasteiger partial charge on any atom is -0.306 e. The van der Waals surface area contributed by atoms with E-state index in [0.29, 0.717) is 6.54 Å². The van der Waals surface area contributed by atoms with Crippen molar-refractivity contribution in [1.29, 1.82) is 0 Å². The Labute approximate surface area is 122 Å². The van der Waals surface area contributed by atoms with Gasteiger partial charge in [-0.05, 0) is 24.1 Å². The van der Waals surface area contributed by atoms with Gasteiger partial charge in [0.1, 0.15) is 17.5 Å². The lowest BCUT2D eigenvalue weighted by molar-refractivity contribution is 0.491. The van der Waals surface area contributed by atoms with E-state index in [0.717, 1.165) is 29.7 Å². The van der Waals surface area contributed by atoms with E-state index < -0.39 is 23.5 Å². The molecule has 0 aliphatic carbocycles. The Kier molecular flexibility index (Phi) is 5.02. The lowest BCUT2D eigenvalue weighted by atomic mass is 9.92. The first-order valence-corrected chi connectivity index (χ1v) is 7.04. The number of halogens is 3. The first-order chi connectivity index (χ1) is 10.1. The SMILES string of the molecule is CCNC(c1ccccc1CC)c1c(F)cc(F)cc1F. The molecule has 4 heteroatoms. The third-order valence-electron chi connectivity index (χ3n) is 3.49. The molecule has 1 unspecified atom stereocenters. The van der Waals surface area contributed by atoms with Gasteiger partial charge in [0, 0.05) is 17.7 Å². The first kappa shape index (κ1) is 15.6. The fourth-order valence-corrected chi connectivity index (χ4v) is 2.54. The van der Waals surface area contributed by atoms with Gasteiger partial charge in [0.25, 0.3) is 0 Å². The third-order valence-corrected chi connectivity index (χ3v) is 3.49. The average molecular weight is 293 g/mol. The molecule has 0 amide bonds. The number of hydrogen-bond acceptors (Lipinski definition) is 1. The predicted octanol–water partition coefficient (Wildman–Crippen LogP) is 4.37. The van der Waals surface area contributed by atoms with Crippen molar-refractivity contribution in [1.82, 2.24) is 5.32 Å². The van der Waals surface area contributed by atoms with Gasteiger partial charge in [-0.1, -0.05) is 38.1 Å². The summed E-state index contributed by atoms with van der Waals surface area (Å²) < 4.78 is 41.3. The van der Waals surface area contributed by atoms with Gasteiger partial charge in [-0.2, -0.15) is 0 Å². The zero-order valence-electron chi connectivity index (χ0n) is 12.1. The highest BCUT2D eigenvalue weighted by molar-refractivity contribution is 5.39. The summed E-state index contributed by atoms with van der Waals surface area (Å²) in [6, 6.07) is 8.30. The van der Waals surface area contributed by atoms with E-state index in [1.54, 1.807) is 0 Å². The van der Waals surface area contributed by atoms with E-state index >= 15 is 0 Å². The van der Waals surface area contributed by atoms with Crippen molar-refractivity contribution in [3.05, 3.63) is 70.5 Å². The zero-order chi connectivity index (χ0) is 15.4. The molecular formula is C17H18F3N. The van der Waals surface area contributed by atoms with Gasteiger partial charge in [0.2, 0.25) is 0 Å². The van der Waals surface area contributed by atoms with E-state index in [4.69, 9.17) is 0 Å². The molecule has 0 saturated carbocycles. The highest BCUT2D eigenvalue weighted by Gasteiger charge is 2.23. The van der Waals surface area contributed by atoms with Crippen molar-refractivity contribution in [3.63, 3.8) is 0 Å². The Morgan fingerprint density at radius 2 is 1.62 bits per heavy atom. The molecule has 0 aliphatic heterocycles. The molecule has 2 rings (SSSR count). The lowest BCUT2D eigenvalue weighted by Crippen LogP contribution is -2.25. The molecule has 0 radical (unpaired) electrons. The highest BCUT2D eigenvalue weighted by Crippen LogP contribution is 2.30. The predicted molar refractivity (Wildman–Crippen MR) is 77.7 cm³/mol. The monoisotopic (exact) mass is 293 g/mol. The number of rotatable bonds is 5. The molecule has 112 valence electrons. The van der Waals surface area contributed by atoms with E-state index in [1.807, 2.05) is 38.1 Å². The number of aryl methyl sites for hydroxylation is 1. The number of nitrogens with one attached hydrogen (secondary N) is 1. The summed E-state index contributed by atoms with van der Waals surface area (Å²) in [6.07, 6.45) is 0.752. The van der Waals surface area contributed by atoms with Crippen LogP contribution in [-0.4, -0.2) is 6.54 Å². The fourth-order valence-electron chi connectivity index (χ4n) is 2.54. The highest BCUT2D eigenvalue weighted by atomic mass is 19.1. The Bertz CT molecular complexity index is 602. The van der Waals surface area contributed by atoms with Gasteiger partial charge < -0.3 is 5.32 Å². The van der Waals surface area contributed by atoms with Crippen LogP contribution >= 0.6 is 0 Å². The average Bonchev–Trinajstić information content (AvgIpc) is 2.45. The topological polar surface area (TPSA) is 12.0 Å². The van der Waals surface area contributed by atoms with Crippen molar-refractivity contribution in [3.8, 4) is 0 Å². The van der Waals surface area contributed by atoms with Gasteiger partial charge in [-0.3, -0.25) is 0 Å². The summed E-state index contributed by atoms with van der Waals surface area (Å²) in [5.41, 5.74) is 1.68. The third kappa shape index (κ3) is 3.27. The number of hydrogen-bond donors (Lipinski definition) is 1. The van der Waals surface area contributed by atoms with Crippen LogP contribution in [-0.2, 0) is 6.42 Å². The van der Waals surface area contributed by atoms with E-state index in [2.05, 4.69) is 5.32 Å². The van der Waals surface area contributed by atoms with E-state index in [-0.39, 0.29) is 5.56 Å². The molecule has 0 fully saturated rings. The van der Waals surface area contributed by atoms with Crippen LogP contribution in [0.1, 0.15) is 36.6 Å². The largest absolute Gasteiger partial charge is 0.306 e. The van der Waals surface area contributed by atoms with Crippen molar-refractivity contribution in [2.24, 2.45) is 0 Å². The molecule has 1 atom stereocenters. The van der Waals surface area contributed by atoms with Crippen molar-refractivity contribution >= 4 is 0 Å². The maximum Gasteiger partial charge on any atom is 0.134 e. The second-order valence-electron chi connectivity index (χ2n) is 4.83. The van der Waals surface area contributed by atoms with Crippen LogP contribution in [0.5, 0.6) is 0 Å². The van der Waals surface area contributed by atoms with Gasteiger partial charge in [0.15, 0.2) is 0 Å². The number of benzene rings is 2.